The van der Waals surface area contributed by atoms with E-state index >= 15 is 0 Å². The zero-order valence-corrected chi connectivity index (χ0v) is 15.4. The Morgan fingerprint density at radius 3 is 2.67 bits per heavy atom. The third kappa shape index (κ3) is 3.63. The molecular weight excluding hydrogens is 344 g/mol. The number of allylic oxidation sites excluding steroid dienone is 1. The van der Waals surface area contributed by atoms with E-state index in [1.807, 2.05) is 32.0 Å². The molecule has 0 bridgehead atoms. The van der Waals surface area contributed by atoms with Crippen LogP contribution >= 0.6 is 0 Å². The van der Waals surface area contributed by atoms with Crippen LogP contribution in [0.15, 0.2) is 47.9 Å². The molecule has 3 rings (SSSR count). The van der Waals surface area contributed by atoms with Gasteiger partial charge in [-0.2, -0.15) is 5.26 Å². The van der Waals surface area contributed by atoms with Gasteiger partial charge in [-0.3, -0.25) is 0 Å². The predicted molar refractivity (Wildman–Crippen MR) is 101 cm³/mol. The molecule has 1 unspecified atom stereocenters. The second kappa shape index (κ2) is 7.92. The third-order valence-corrected chi connectivity index (χ3v) is 4.27. The van der Waals surface area contributed by atoms with Crippen LogP contribution in [0.2, 0.25) is 0 Å². The van der Waals surface area contributed by atoms with Crippen molar-refractivity contribution >= 4 is 0 Å². The molecule has 0 amide bonds. The molecule has 2 aromatic rings. The van der Waals surface area contributed by atoms with Gasteiger partial charge in [0, 0.05) is 11.6 Å². The molecule has 0 saturated carbocycles. The Bertz CT molecular complexity index is 915. The lowest BCUT2D eigenvalue weighted by atomic mass is 9.83. The first kappa shape index (κ1) is 18.5. The fourth-order valence-corrected chi connectivity index (χ4v) is 3.09. The molecule has 0 saturated heterocycles. The zero-order valence-electron chi connectivity index (χ0n) is 15.4. The highest BCUT2D eigenvalue weighted by molar-refractivity contribution is 5.58. The van der Waals surface area contributed by atoms with Gasteiger partial charge in [-0.15, -0.1) is 0 Å². The molecule has 27 heavy (non-hydrogen) atoms. The SMILES string of the molecule is CCCOc1ccc(C2C(C#N)=C(N)Oc3cc(O)ccc32)cc1OCC. The van der Waals surface area contributed by atoms with E-state index in [1.54, 1.807) is 12.1 Å². The number of nitriles is 1. The number of hydrogen-bond acceptors (Lipinski definition) is 6. The molecule has 140 valence electrons. The minimum absolute atomic E-state index is 0.0323. The lowest BCUT2D eigenvalue weighted by Gasteiger charge is -2.27. The molecule has 0 aromatic heterocycles. The number of phenolic OH excluding ortho intramolecular Hbond substituents is 1. The summed E-state index contributed by atoms with van der Waals surface area (Å²) in [6.07, 6.45) is 0.891. The molecule has 1 heterocycles. The van der Waals surface area contributed by atoms with Crippen molar-refractivity contribution in [2.24, 2.45) is 5.73 Å². The van der Waals surface area contributed by atoms with Gasteiger partial charge in [0.05, 0.1) is 19.1 Å². The van der Waals surface area contributed by atoms with Crippen LogP contribution in [0.25, 0.3) is 0 Å². The summed E-state index contributed by atoms with van der Waals surface area (Å²) in [4.78, 5) is 0. The molecule has 1 aliphatic heterocycles. The molecule has 3 N–H and O–H groups in total. The third-order valence-electron chi connectivity index (χ3n) is 4.27. The summed E-state index contributed by atoms with van der Waals surface area (Å²) < 4.78 is 17.0. The Balaban J connectivity index is 2.11. The minimum Gasteiger partial charge on any atom is -0.508 e. The van der Waals surface area contributed by atoms with Crippen molar-refractivity contribution in [3.05, 3.63) is 59.0 Å². The number of hydrogen-bond donors (Lipinski definition) is 2. The van der Waals surface area contributed by atoms with Crippen LogP contribution < -0.4 is 19.9 Å². The number of phenols is 1. The van der Waals surface area contributed by atoms with Gasteiger partial charge in [-0.25, -0.2) is 0 Å². The number of benzene rings is 2. The number of fused-ring (bicyclic) bond motifs is 1. The first-order chi connectivity index (χ1) is 13.1. The van der Waals surface area contributed by atoms with Crippen molar-refractivity contribution in [1.29, 1.82) is 5.26 Å². The summed E-state index contributed by atoms with van der Waals surface area (Å²) in [5, 5.41) is 19.4. The van der Waals surface area contributed by atoms with Crippen LogP contribution in [0.5, 0.6) is 23.0 Å². The molecule has 6 heteroatoms. The second-order valence-electron chi connectivity index (χ2n) is 6.13. The van der Waals surface area contributed by atoms with Gasteiger partial charge < -0.3 is 25.1 Å². The van der Waals surface area contributed by atoms with E-state index < -0.39 is 5.92 Å². The van der Waals surface area contributed by atoms with Crippen molar-refractivity contribution < 1.29 is 19.3 Å². The Morgan fingerprint density at radius 2 is 1.96 bits per heavy atom. The maximum atomic E-state index is 9.75. The van der Waals surface area contributed by atoms with Crippen molar-refractivity contribution in [2.45, 2.75) is 26.2 Å². The summed E-state index contributed by atoms with van der Waals surface area (Å²) in [6.45, 7) is 5.03. The highest BCUT2D eigenvalue weighted by Gasteiger charge is 2.31. The maximum Gasteiger partial charge on any atom is 0.205 e. The molecule has 2 aromatic carbocycles. The van der Waals surface area contributed by atoms with Gasteiger partial charge in [0.25, 0.3) is 0 Å². The molecule has 0 aliphatic carbocycles. The van der Waals surface area contributed by atoms with Crippen LogP contribution in [0, 0.1) is 11.3 Å². The van der Waals surface area contributed by atoms with Gasteiger partial charge >= 0.3 is 0 Å². The Hall–Kier alpha value is -3.33. The van der Waals surface area contributed by atoms with Crippen LogP contribution in [0.1, 0.15) is 37.3 Å². The molecule has 1 aliphatic rings. The van der Waals surface area contributed by atoms with E-state index in [1.165, 1.54) is 6.07 Å². The van der Waals surface area contributed by atoms with E-state index in [0.717, 1.165) is 17.5 Å². The highest BCUT2D eigenvalue weighted by atomic mass is 16.5. The van der Waals surface area contributed by atoms with E-state index in [0.29, 0.717) is 36.0 Å². The Morgan fingerprint density at radius 1 is 1.15 bits per heavy atom. The molecule has 1 atom stereocenters. The van der Waals surface area contributed by atoms with Gasteiger partial charge in [0.15, 0.2) is 11.5 Å². The van der Waals surface area contributed by atoms with Gasteiger partial charge in [0.2, 0.25) is 5.88 Å². The largest absolute Gasteiger partial charge is 0.508 e. The van der Waals surface area contributed by atoms with Crippen LogP contribution in [-0.2, 0) is 0 Å². The fraction of sp³-hybridized carbons (Fsp3) is 0.286. The number of ether oxygens (including phenoxy) is 3. The molecule has 6 nitrogen and oxygen atoms in total. The first-order valence-corrected chi connectivity index (χ1v) is 8.89. The number of aromatic hydroxyl groups is 1. The van der Waals surface area contributed by atoms with E-state index in [9.17, 15) is 10.4 Å². The molecular formula is C21H22N2O4. The van der Waals surface area contributed by atoms with Crippen molar-refractivity contribution in [3.8, 4) is 29.1 Å². The minimum atomic E-state index is -0.418. The van der Waals surface area contributed by atoms with Crippen LogP contribution in [-0.4, -0.2) is 18.3 Å². The second-order valence-corrected chi connectivity index (χ2v) is 6.13. The normalized spacial score (nSPS) is 15.5. The summed E-state index contributed by atoms with van der Waals surface area (Å²) in [6, 6.07) is 12.5. The lowest BCUT2D eigenvalue weighted by molar-refractivity contribution is 0.276. The number of rotatable bonds is 6. The van der Waals surface area contributed by atoms with Crippen LogP contribution in [0.3, 0.4) is 0 Å². The lowest BCUT2D eigenvalue weighted by Crippen LogP contribution is -2.21. The maximum absolute atomic E-state index is 9.75. The van der Waals surface area contributed by atoms with E-state index in [4.69, 9.17) is 19.9 Å². The summed E-state index contributed by atoms with van der Waals surface area (Å²) in [7, 11) is 0. The standard InChI is InChI=1S/C21H22N2O4/c1-3-9-26-17-8-5-13(10-19(17)25-4-2)20-15-7-6-14(24)11-18(15)27-21(23)16(20)12-22/h5-8,10-11,20,24H,3-4,9,23H2,1-2H3. The van der Waals surface area contributed by atoms with Crippen molar-refractivity contribution in [1.82, 2.24) is 0 Å². The van der Waals surface area contributed by atoms with Gasteiger partial charge in [0.1, 0.15) is 23.1 Å². The van der Waals surface area contributed by atoms with E-state index in [2.05, 4.69) is 6.07 Å². The molecule has 0 spiro atoms. The summed E-state index contributed by atoms with van der Waals surface area (Å²) in [5.74, 6) is 1.39. The number of nitrogens with two attached hydrogens (primary N) is 1. The first-order valence-electron chi connectivity index (χ1n) is 8.89. The average Bonchev–Trinajstić information content (AvgIpc) is 2.66. The smallest absolute Gasteiger partial charge is 0.205 e. The average molecular weight is 366 g/mol. The highest BCUT2D eigenvalue weighted by Crippen LogP contribution is 2.44. The number of nitrogens with zero attached hydrogens (tertiary/aromatic N) is 1. The van der Waals surface area contributed by atoms with Crippen LogP contribution in [0.4, 0.5) is 0 Å². The Labute approximate surface area is 158 Å². The quantitative estimate of drug-likeness (QED) is 0.807. The van der Waals surface area contributed by atoms with Gasteiger partial charge in [-0.1, -0.05) is 19.1 Å². The topological polar surface area (TPSA) is 97.7 Å². The Kier molecular flexibility index (Phi) is 5.41. The molecule has 0 radical (unpaired) electrons. The summed E-state index contributed by atoms with van der Waals surface area (Å²) in [5.41, 5.74) is 7.87. The monoisotopic (exact) mass is 366 g/mol. The van der Waals surface area contributed by atoms with Crippen molar-refractivity contribution in [2.75, 3.05) is 13.2 Å². The summed E-state index contributed by atoms with van der Waals surface area (Å²) >= 11 is 0. The fourth-order valence-electron chi connectivity index (χ4n) is 3.09. The predicted octanol–water partition coefficient (Wildman–Crippen LogP) is 3.80. The molecule has 0 fully saturated rings. The van der Waals surface area contributed by atoms with E-state index in [-0.39, 0.29) is 11.6 Å². The van der Waals surface area contributed by atoms with Crippen molar-refractivity contribution in [3.63, 3.8) is 0 Å². The zero-order chi connectivity index (χ0) is 19.4. The van der Waals surface area contributed by atoms with Gasteiger partial charge in [-0.05, 0) is 37.1 Å².